The summed E-state index contributed by atoms with van der Waals surface area (Å²) in [6, 6.07) is 0. The highest BCUT2D eigenvalue weighted by Gasteiger charge is 2.21. The van der Waals surface area contributed by atoms with Crippen LogP contribution < -0.4 is 5.73 Å². The molecule has 0 radical (unpaired) electrons. The Morgan fingerprint density at radius 3 is 1.65 bits per heavy atom. The van der Waals surface area contributed by atoms with Crippen LogP contribution in [-0.2, 0) is 9.59 Å². The van der Waals surface area contributed by atoms with Crippen LogP contribution in [0.3, 0.4) is 0 Å². The van der Waals surface area contributed by atoms with Crippen LogP contribution in [0.25, 0.3) is 0 Å². The van der Waals surface area contributed by atoms with E-state index in [1.807, 2.05) is 0 Å². The summed E-state index contributed by atoms with van der Waals surface area (Å²) in [5, 5.41) is 20.5. The number of aliphatic hydroxyl groups excluding tert-OH is 2. The third kappa shape index (κ3) is 14.1. The van der Waals surface area contributed by atoms with Gasteiger partial charge in [0.15, 0.2) is 0 Å². The van der Waals surface area contributed by atoms with Crippen molar-refractivity contribution in [1.82, 2.24) is 4.90 Å². The van der Waals surface area contributed by atoms with Crippen LogP contribution in [-0.4, -0.2) is 52.2 Å². The minimum Gasteiger partial charge on any atom is -0.391 e. The molecule has 6 heteroatoms. The normalized spacial score (nSPS) is 13.4. The fourth-order valence-corrected chi connectivity index (χ4v) is 2.97. The number of primary amides is 1. The molecule has 0 aromatic heterocycles. The second-order valence-electron chi connectivity index (χ2n) is 7.27. The van der Waals surface area contributed by atoms with E-state index in [1.54, 1.807) is 0 Å². The van der Waals surface area contributed by atoms with E-state index in [-0.39, 0.29) is 31.8 Å². The molecular weight excluding hydrogens is 332 g/mol. The first-order chi connectivity index (χ1) is 12.4. The van der Waals surface area contributed by atoms with Crippen molar-refractivity contribution in [2.75, 3.05) is 13.1 Å². The number of nitrogens with two attached hydrogens (primary N) is 1. The van der Waals surface area contributed by atoms with Gasteiger partial charge in [-0.3, -0.25) is 9.59 Å². The Labute approximate surface area is 159 Å². The Hall–Kier alpha value is -1.14. The van der Waals surface area contributed by atoms with E-state index in [0.717, 1.165) is 51.4 Å². The number of unbranched alkanes of at least 4 members (excludes halogenated alkanes) is 6. The first-order valence-electron chi connectivity index (χ1n) is 10.3. The molecule has 6 nitrogen and oxygen atoms in total. The number of hydrogen-bond donors (Lipinski definition) is 3. The predicted octanol–water partition coefficient (Wildman–Crippen LogP) is 2.74. The number of amides is 2. The van der Waals surface area contributed by atoms with E-state index < -0.39 is 18.1 Å². The number of hydrogen-bond acceptors (Lipinski definition) is 4. The minimum absolute atomic E-state index is 0.00543. The van der Waals surface area contributed by atoms with E-state index in [9.17, 15) is 19.8 Å². The number of carbonyl (C=O) groups excluding carboxylic acids is 2. The molecule has 0 saturated carbocycles. The average molecular weight is 373 g/mol. The van der Waals surface area contributed by atoms with E-state index >= 15 is 0 Å². The summed E-state index contributed by atoms with van der Waals surface area (Å²) in [6.45, 7) is 4.68. The quantitative estimate of drug-likeness (QED) is 0.341. The Balaban J connectivity index is 4.47. The Morgan fingerprint density at radius 1 is 0.808 bits per heavy atom. The zero-order valence-electron chi connectivity index (χ0n) is 16.8. The zero-order chi connectivity index (χ0) is 19.8. The maximum Gasteiger partial charge on any atom is 0.223 e. The molecular formula is C20H40N2O4. The zero-order valence-corrected chi connectivity index (χ0v) is 16.8. The molecule has 0 aromatic carbocycles. The Bertz CT molecular complexity index is 357. The molecule has 0 bridgehead atoms. The molecule has 0 spiro atoms. The van der Waals surface area contributed by atoms with Crippen LogP contribution in [0, 0.1) is 0 Å². The maximum atomic E-state index is 12.4. The van der Waals surface area contributed by atoms with Gasteiger partial charge in [-0.15, -0.1) is 0 Å². The smallest absolute Gasteiger partial charge is 0.223 e. The van der Waals surface area contributed by atoms with Gasteiger partial charge in [0.1, 0.15) is 0 Å². The lowest BCUT2D eigenvalue weighted by molar-refractivity contribution is -0.135. The van der Waals surface area contributed by atoms with Crippen LogP contribution in [0.4, 0.5) is 0 Å². The minimum atomic E-state index is -0.600. The van der Waals surface area contributed by atoms with Crippen LogP contribution in [0.5, 0.6) is 0 Å². The van der Waals surface area contributed by atoms with Crippen molar-refractivity contribution >= 4 is 11.8 Å². The predicted molar refractivity (Wildman–Crippen MR) is 105 cm³/mol. The SMILES string of the molecule is CCCCCCC(O)CN(CC(O)CCCCCC)C(=O)CCC(N)=O. The van der Waals surface area contributed by atoms with Gasteiger partial charge in [-0.2, -0.15) is 0 Å². The monoisotopic (exact) mass is 372 g/mol. The van der Waals surface area contributed by atoms with E-state index in [4.69, 9.17) is 5.73 Å². The average Bonchev–Trinajstić information content (AvgIpc) is 2.59. The summed E-state index contributed by atoms with van der Waals surface area (Å²) < 4.78 is 0. The molecule has 4 N–H and O–H groups in total. The third-order valence-corrected chi connectivity index (χ3v) is 4.58. The highest BCUT2D eigenvalue weighted by atomic mass is 16.3. The molecule has 0 saturated heterocycles. The van der Waals surface area contributed by atoms with Crippen LogP contribution in [0.2, 0.25) is 0 Å². The highest BCUT2D eigenvalue weighted by molar-refractivity contribution is 5.82. The van der Waals surface area contributed by atoms with E-state index in [2.05, 4.69) is 13.8 Å². The molecule has 0 aliphatic rings. The molecule has 154 valence electrons. The maximum absolute atomic E-state index is 12.4. The summed E-state index contributed by atoms with van der Waals surface area (Å²) >= 11 is 0. The first-order valence-corrected chi connectivity index (χ1v) is 10.3. The molecule has 0 heterocycles. The van der Waals surface area contributed by atoms with Gasteiger partial charge in [0, 0.05) is 25.9 Å². The number of aliphatic hydroxyl groups is 2. The van der Waals surface area contributed by atoms with Gasteiger partial charge < -0.3 is 20.8 Å². The van der Waals surface area contributed by atoms with Gasteiger partial charge in [0.25, 0.3) is 0 Å². The second-order valence-corrected chi connectivity index (χ2v) is 7.27. The van der Waals surface area contributed by atoms with Gasteiger partial charge in [0.2, 0.25) is 11.8 Å². The van der Waals surface area contributed by atoms with Crippen molar-refractivity contribution < 1.29 is 19.8 Å². The van der Waals surface area contributed by atoms with Crippen molar-refractivity contribution in [3.63, 3.8) is 0 Å². The van der Waals surface area contributed by atoms with Gasteiger partial charge in [0.05, 0.1) is 12.2 Å². The topological polar surface area (TPSA) is 104 Å². The lowest BCUT2D eigenvalue weighted by Crippen LogP contribution is -2.42. The van der Waals surface area contributed by atoms with Crippen molar-refractivity contribution in [2.45, 2.75) is 103 Å². The van der Waals surface area contributed by atoms with Crippen LogP contribution in [0.15, 0.2) is 0 Å². The summed E-state index contributed by atoms with van der Waals surface area (Å²) in [4.78, 5) is 24.8. The Kier molecular flexibility index (Phi) is 15.4. The van der Waals surface area contributed by atoms with Gasteiger partial charge in [-0.25, -0.2) is 0 Å². The van der Waals surface area contributed by atoms with Crippen molar-refractivity contribution in [3.05, 3.63) is 0 Å². The standard InChI is InChI=1S/C20H40N2O4/c1-3-5-7-9-11-17(23)15-22(20(26)14-13-19(21)25)16-18(24)12-10-8-6-4-2/h17-18,23-24H,3-16H2,1-2H3,(H2,21,25). The molecule has 0 aliphatic heterocycles. The lowest BCUT2D eigenvalue weighted by Gasteiger charge is -2.27. The van der Waals surface area contributed by atoms with Gasteiger partial charge >= 0.3 is 0 Å². The Morgan fingerprint density at radius 2 is 1.27 bits per heavy atom. The van der Waals surface area contributed by atoms with Crippen LogP contribution >= 0.6 is 0 Å². The molecule has 0 fully saturated rings. The molecule has 2 atom stereocenters. The number of nitrogens with zero attached hydrogens (tertiary/aromatic N) is 1. The van der Waals surface area contributed by atoms with E-state index in [1.165, 1.54) is 4.90 Å². The van der Waals surface area contributed by atoms with Crippen LogP contribution in [0.1, 0.15) is 90.9 Å². The second kappa shape index (κ2) is 16.1. The molecule has 26 heavy (non-hydrogen) atoms. The third-order valence-electron chi connectivity index (χ3n) is 4.58. The fourth-order valence-electron chi connectivity index (χ4n) is 2.97. The molecule has 0 aliphatic carbocycles. The molecule has 0 aromatic rings. The lowest BCUT2D eigenvalue weighted by atomic mass is 10.1. The molecule has 2 amide bonds. The van der Waals surface area contributed by atoms with Crippen molar-refractivity contribution in [3.8, 4) is 0 Å². The van der Waals surface area contributed by atoms with Gasteiger partial charge in [-0.05, 0) is 12.8 Å². The summed E-state index contributed by atoms with van der Waals surface area (Å²) in [6.07, 6.45) is 8.68. The fraction of sp³-hybridized carbons (Fsp3) is 0.900. The largest absolute Gasteiger partial charge is 0.391 e. The van der Waals surface area contributed by atoms with Gasteiger partial charge in [-0.1, -0.05) is 65.2 Å². The summed E-state index contributed by atoms with van der Waals surface area (Å²) in [7, 11) is 0. The number of rotatable bonds is 17. The van der Waals surface area contributed by atoms with Crippen molar-refractivity contribution in [1.29, 1.82) is 0 Å². The molecule has 2 unspecified atom stereocenters. The summed E-state index contributed by atoms with van der Waals surface area (Å²) in [5.74, 6) is -0.748. The first kappa shape index (κ1) is 24.9. The van der Waals surface area contributed by atoms with E-state index in [0.29, 0.717) is 12.8 Å². The van der Waals surface area contributed by atoms with Crippen molar-refractivity contribution in [2.24, 2.45) is 5.73 Å². The summed E-state index contributed by atoms with van der Waals surface area (Å²) in [5.41, 5.74) is 5.12. The molecule has 0 rings (SSSR count). The highest BCUT2D eigenvalue weighted by Crippen LogP contribution is 2.11. The number of carbonyl (C=O) groups is 2.